The number of aromatic nitrogens is 2. The van der Waals surface area contributed by atoms with Crippen molar-refractivity contribution in [3.8, 4) is 11.6 Å². The number of carboxylic acid groups (broad SMARTS) is 1. The summed E-state index contributed by atoms with van der Waals surface area (Å²) in [5, 5.41) is 19.4. The van der Waals surface area contributed by atoms with Gasteiger partial charge in [0.2, 0.25) is 5.69 Å². The standard InChI is InChI=1S/C17H21N3O7S/c1-11-16(18(2)10-28(25,26)27)17(24)20(19(11)3)13-6-4-5-12(9-13)14(21)7-8-15(22)23/h4-6,9H,7-8,10H2,1-3H3,(H2,22,23,25,26,27)/p+1. The van der Waals surface area contributed by atoms with Gasteiger partial charge in [-0.25, -0.2) is 0 Å². The normalized spacial score (nSPS) is 11.4. The van der Waals surface area contributed by atoms with Gasteiger partial charge in [0.25, 0.3) is 16.0 Å². The van der Waals surface area contributed by atoms with Crippen molar-refractivity contribution in [2.24, 2.45) is 7.05 Å². The van der Waals surface area contributed by atoms with Crippen LogP contribution in [0.2, 0.25) is 0 Å². The predicted octanol–water partition coefficient (Wildman–Crippen LogP) is 0.645. The third-order valence-electron chi connectivity index (χ3n) is 4.26. The molecule has 0 atom stereocenters. The number of aromatic hydroxyl groups is 1. The van der Waals surface area contributed by atoms with Gasteiger partial charge in [0.15, 0.2) is 18.5 Å². The van der Waals surface area contributed by atoms with Crippen LogP contribution in [0.25, 0.3) is 5.69 Å². The van der Waals surface area contributed by atoms with Crippen LogP contribution in [-0.2, 0) is 22.0 Å². The number of carbonyl (C=O) groups excluding carboxylic acids is 1. The third kappa shape index (κ3) is 4.67. The number of ketones is 1. The fourth-order valence-electron chi connectivity index (χ4n) is 2.94. The number of aliphatic carboxylic acids is 1. The highest BCUT2D eigenvalue weighted by molar-refractivity contribution is 7.85. The molecule has 152 valence electrons. The molecule has 0 aliphatic heterocycles. The van der Waals surface area contributed by atoms with E-state index >= 15 is 0 Å². The number of Topliss-reactive ketones (excluding diaryl/α,β-unsaturated/α-hetero) is 1. The van der Waals surface area contributed by atoms with Gasteiger partial charge in [-0.1, -0.05) is 16.8 Å². The van der Waals surface area contributed by atoms with Gasteiger partial charge in [-0.15, -0.1) is 4.68 Å². The van der Waals surface area contributed by atoms with Gasteiger partial charge in [-0.05, 0) is 12.1 Å². The van der Waals surface area contributed by atoms with Gasteiger partial charge >= 0.3 is 5.97 Å². The average molecular weight is 412 g/mol. The molecule has 0 saturated carbocycles. The number of carbonyl (C=O) groups is 2. The van der Waals surface area contributed by atoms with E-state index in [4.69, 9.17) is 9.66 Å². The summed E-state index contributed by atoms with van der Waals surface area (Å²) in [6.45, 7) is 1.66. The topological polar surface area (TPSA) is 141 Å². The molecule has 0 radical (unpaired) electrons. The molecule has 10 nitrogen and oxygen atoms in total. The second-order valence-corrected chi connectivity index (χ2v) is 7.79. The lowest BCUT2D eigenvalue weighted by molar-refractivity contribution is -0.749. The van der Waals surface area contributed by atoms with Gasteiger partial charge in [0, 0.05) is 26.0 Å². The molecule has 2 aromatic rings. The minimum Gasteiger partial charge on any atom is -0.489 e. The third-order valence-corrected chi connectivity index (χ3v) is 4.97. The SMILES string of the molecule is Cc1c(N(C)CS(=O)(=O)O)c(O)n(-c2cccc(C(=O)CCC(=O)O)c2)[n+]1C. The zero-order valence-corrected chi connectivity index (χ0v) is 16.5. The highest BCUT2D eigenvalue weighted by atomic mass is 32.2. The Kier molecular flexibility index (Phi) is 6.10. The maximum atomic E-state index is 12.2. The molecule has 0 spiro atoms. The van der Waals surface area contributed by atoms with Crippen LogP contribution in [0.1, 0.15) is 28.9 Å². The van der Waals surface area contributed by atoms with Crippen molar-refractivity contribution in [3.63, 3.8) is 0 Å². The molecule has 0 aliphatic carbocycles. The number of anilines is 1. The van der Waals surface area contributed by atoms with Gasteiger partial charge in [-0.3, -0.25) is 14.1 Å². The van der Waals surface area contributed by atoms with Crippen molar-refractivity contribution in [3.05, 3.63) is 35.5 Å². The van der Waals surface area contributed by atoms with E-state index in [1.807, 2.05) is 0 Å². The average Bonchev–Trinajstić information content (AvgIpc) is 2.80. The summed E-state index contributed by atoms with van der Waals surface area (Å²) in [7, 11) is -1.25. The number of nitrogens with zero attached hydrogens (tertiary/aromatic N) is 3. The maximum absolute atomic E-state index is 12.2. The van der Waals surface area contributed by atoms with E-state index < -0.39 is 22.0 Å². The minimum atomic E-state index is -4.30. The molecule has 28 heavy (non-hydrogen) atoms. The van der Waals surface area contributed by atoms with Crippen molar-refractivity contribution < 1.29 is 37.5 Å². The van der Waals surface area contributed by atoms with E-state index in [1.165, 1.54) is 22.7 Å². The number of hydrogen-bond donors (Lipinski definition) is 3. The first-order chi connectivity index (χ1) is 12.9. The summed E-state index contributed by atoms with van der Waals surface area (Å²) in [5.74, 6) is -2.40. The number of benzene rings is 1. The Morgan fingerprint density at radius 2 is 1.89 bits per heavy atom. The van der Waals surface area contributed by atoms with Crippen LogP contribution in [-0.4, -0.2) is 52.5 Å². The van der Waals surface area contributed by atoms with Crippen molar-refractivity contribution in [1.82, 2.24) is 4.68 Å². The van der Waals surface area contributed by atoms with Crippen LogP contribution >= 0.6 is 0 Å². The van der Waals surface area contributed by atoms with Gasteiger partial charge < -0.3 is 15.1 Å². The number of rotatable bonds is 8. The highest BCUT2D eigenvalue weighted by Crippen LogP contribution is 2.31. The second kappa shape index (κ2) is 7.98. The number of hydrogen-bond acceptors (Lipinski definition) is 6. The molecule has 1 heterocycles. The van der Waals surface area contributed by atoms with Crippen LogP contribution in [0.3, 0.4) is 0 Å². The van der Waals surface area contributed by atoms with Crippen LogP contribution in [0, 0.1) is 6.92 Å². The lowest BCUT2D eigenvalue weighted by atomic mass is 10.1. The first kappa shape index (κ1) is 21.4. The van der Waals surface area contributed by atoms with Crippen LogP contribution < -0.4 is 9.58 Å². The molecule has 1 aromatic heterocycles. The molecule has 0 bridgehead atoms. The van der Waals surface area contributed by atoms with Crippen LogP contribution in [0.15, 0.2) is 24.3 Å². The zero-order valence-electron chi connectivity index (χ0n) is 15.7. The smallest absolute Gasteiger partial charge is 0.303 e. The van der Waals surface area contributed by atoms with Gasteiger partial charge in [0.1, 0.15) is 11.6 Å². The van der Waals surface area contributed by atoms with Crippen molar-refractivity contribution >= 4 is 27.6 Å². The summed E-state index contributed by atoms with van der Waals surface area (Å²) in [6.07, 6.45) is -0.431. The summed E-state index contributed by atoms with van der Waals surface area (Å²) in [6, 6.07) is 6.29. The van der Waals surface area contributed by atoms with Gasteiger partial charge in [-0.2, -0.15) is 8.42 Å². The first-order valence-electron chi connectivity index (χ1n) is 8.24. The van der Waals surface area contributed by atoms with E-state index in [0.717, 1.165) is 0 Å². The molecular weight excluding hydrogens is 390 g/mol. The highest BCUT2D eigenvalue weighted by Gasteiger charge is 2.30. The maximum Gasteiger partial charge on any atom is 0.303 e. The largest absolute Gasteiger partial charge is 0.489 e. The Morgan fingerprint density at radius 1 is 1.25 bits per heavy atom. The van der Waals surface area contributed by atoms with E-state index in [9.17, 15) is 23.1 Å². The Balaban J connectivity index is 2.46. The summed E-state index contributed by atoms with van der Waals surface area (Å²) < 4.78 is 34.3. The molecule has 11 heteroatoms. The lowest BCUT2D eigenvalue weighted by Crippen LogP contribution is -2.40. The Labute approximate surface area is 162 Å². The Hall–Kier alpha value is -2.92. The molecular formula is C17H22N3O7S+. The van der Waals surface area contributed by atoms with Crippen LogP contribution in [0.5, 0.6) is 5.88 Å². The van der Waals surface area contributed by atoms with Crippen molar-refractivity contribution in [2.75, 3.05) is 17.8 Å². The second-order valence-electron chi connectivity index (χ2n) is 6.37. The van der Waals surface area contributed by atoms with E-state index in [2.05, 4.69) is 0 Å². The first-order valence-corrected chi connectivity index (χ1v) is 9.85. The Morgan fingerprint density at radius 3 is 2.46 bits per heavy atom. The van der Waals surface area contributed by atoms with E-state index in [-0.39, 0.29) is 35.8 Å². The quantitative estimate of drug-likeness (QED) is 0.326. The molecule has 2 rings (SSSR count). The molecule has 0 amide bonds. The lowest BCUT2D eigenvalue weighted by Gasteiger charge is -2.14. The van der Waals surface area contributed by atoms with Crippen molar-refractivity contribution in [2.45, 2.75) is 19.8 Å². The van der Waals surface area contributed by atoms with Gasteiger partial charge in [0.05, 0.1) is 6.42 Å². The molecule has 0 aliphatic rings. The summed E-state index contributed by atoms with van der Waals surface area (Å²) in [4.78, 5) is 24.0. The summed E-state index contributed by atoms with van der Waals surface area (Å²) >= 11 is 0. The molecule has 0 fully saturated rings. The van der Waals surface area contributed by atoms with E-state index in [1.54, 1.807) is 36.9 Å². The van der Waals surface area contributed by atoms with Crippen molar-refractivity contribution in [1.29, 1.82) is 0 Å². The molecule has 0 unspecified atom stereocenters. The molecule has 1 aromatic carbocycles. The predicted molar refractivity (Wildman–Crippen MR) is 99.4 cm³/mol. The number of carboxylic acids is 1. The zero-order chi connectivity index (χ0) is 21.2. The van der Waals surface area contributed by atoms with E-state index in [0.29, 0.717) is 11.4 Å². The molecule has 3 N–H and O–H groups in total. The monoisotopic (exact) mass is 412 g/mol. The Bertz CT molecular complexity index is 1030. The minimum absolute atomic E-state index is 0.149. The summed E-state index contributed by atoms with van der Waals surface area (Å²) in [5.41, 5.74) is 1.43. The van der Waals surface area contributed by atoms with Crippen LogP contribution in [0.4, 0.5) is 5.69 Å². The fraction of sp³-hybridized carbons (Fsp3) is 0.353. The fourth-order valence-corrected chi connectivity index (χ4v) is 3.55. The molecule has 0 saturated heterocycles.